The molecular formula is C19H36N6O2. The summed E-state index contributed by atoms with van der Waals surface area (Å²) in [7, 11) is 1.94. The zero-order chi connectivity index (χ0) is 19.7. The summed E-state index contributed by atoms with van der Waals surface area (Å²) in [6.07, 6.45) is 5.85. The minimum Gasteiger partial charge on any atom is -0.388 e. The largest absolute Gasteiger partial charge is 0.388 e. The van der Waals surface area contributed by atoms with Crippen LogP contribution in [0.15, 0.2) is 4.99 Å². The summed E-state index contributed by atoms with van der Waals surface area (Å²) in [5.41, 5.74) is -0.711. The van der Waals surface area contributed by atoms with Gasteiger partial charge in [0, 0.05) is 26.7 Å². The molecule has 0 radical (unpaired) electrons. The maximum absolute atomic E-state index is 10.9. The summed E-state index contributed by atoms with van der Waals surface area (Å²) in [6.45, 7) is 8.57. The fraction of sp³-hybridized carbons (Fsp3) is 0.842. The normalized spacial score (nSPS) is 18.1. The highest BCUT2D eigenvalue weighted by Gasteiger charge is 2.25. The summed E-state index contributed by atoms with van der Waals surface area (Å²) >= 11 is 0. The predicted molar refractivity (Wildman–Crippen MR) is 107 cm³/mol. The molecule has 0 spiro atoms. The zero-order valence-corrected chi connectivity index (χ0v) is 17.3. The van der Waals surface area contributed by atoms with Gasteiger partial charge in [-0.25, -0.2) is 4.99 Å². The van der Waals surface area contributed by atoms with E-state index in [2.05, 4.69) is 39.7 Å². The first-order valence-electron chi connectivity index (χ1n) is 10.2. The van der Waals surface area contributed by atoms with Gasteiger partial charge in [0.05, 0.1) is 11.7 Å². The van der Waals surface area contributed by atoms with E-state index in [0.717, 1.165) is 56.8 Å². The lowest BCUT2D eigenvalue weighted by Crippen LogP contribution is -2.48. The van der Waals surface area contributed by atoms with Gasteiger partial charge in [-0.05, 0) is 32.6 Å². The Hall–Kier alpha value is -1.67. The highest BCUT2D eigenvalue weighted by molar-refractivity contribution is 5.79. The minimum absolute atomic E-state index is 0.222. The van der Waals surface area contributed by atoms with E-state index in [-0.39, 0.29) is 6.10 Å². The molecular weight excluding hydrogens is 344 g/mol. The first-order chi connectivity index (χ1) is 13.0. The van der Waals surface area contributed by atoms with Crippen LogP contribution in [0.2, 0.25) is 0 Å². The molecule has 0 amide bonds. The molecule has 1 aliphatic heterocycles. The van der Waals surface area contributed by atoms with Crippen molar-refractivity contribution in [3.05, 3.63) is 11.6 Å². The van der Waals surface area contributed by atoms with E-state index in [1.165, 1.54) is 0 Å². The minimum atomic E-state index is -0.711. The molecule has 1 aromatic rings. The van der Waals surface area contributed by atoms with Gasteiger partial charge < -0.3 is 25.0 Å². The van der Waals surface area contributed by atoms with Gasteiger partial charge >= 0.3 is 0 Å². The topological polar surface area (TPSA) is 96.6 Å². The number of rotatable bonds is 10. The Morgan fingerprint density at radius 3 is 2.59 bits per heavy atom. The molecule has 2 rings (SSSR count). The molecule has 8 heteroatoms. The first-order valence-corrected chi connectivity index (χ1v) is 10.2. The molecule has 1 aromatic heterocycles. The molecule has 27 heavy (non-hydrogen) atoms. The first kappa shape index (κ1) is 21.6. The molecule has 8 nitrogen and oxygen atoms in total. The summed E-state index contributed by atoms with van der Waals surface area (Å²) in [5, 5.41) is 25.8. The molecule has 2 heterocycles. The van der Waals surface area contributed by atoms with Crippen LogP contribution >= 0.6 is 0 Å². The molecule has 154 valence electrons. The Bertz CT molecular complexity index is 589. The third kappa shape index (κ3) is 6.77. The lowest BCUT2D eigenvalue weighted by atomic mass is 9.93. The number of aryl methyl sites for hydroxylation is 1. The molecule has 0 saturated carbocycles. The van der Waals surface area contributed by atoms with Crippen molar-refractivity contribution in [3.63, 3.8) is 0 Å². The van der Waals surface area contributed by atoms with Crippen LogP contribution in [0.4, 0.5) is 0 Å². The fourth-order valence-corrected chi connectivity index (χ4v) is 3.41. The average Bonchev–Trinajstić information content (AvgIpc) is 3.26. The fourth-order valence-electron chi connectivity index (χ4n) is 3.41. The van der Waals surface area contributed by atoms with Gasteiger partial charge in [0.2, 0.25) is 0 Å². The van der Waals surface area contributed by atoms with Crippen LogP contribution in [0.3, 0.4) is 0 Å². The molecule has 1 atom stereocenters. The molecule has 0 aromatic carbocycles. The Balaban J connectivity index is 2.00. The van der Waals surface area contributed by atoms with Crippen LogP contribution in [0, 0.1) is 6.92 Å². The third-order valence-electron chi connectivity index (χ3n) is 5.10. The zero-order valence-electron chi connectivity index (χ0n) is 17.3. The molecule has 1 unspecified atom stereocenters. The summed E-state index contributed by atoms with van der Waals surface area (Å²) in [5.74, 6) is 2.35. The van der Waals surface area contributed by atoms with E-state index < -0.39 is 5.60 Å². The van der Waals surface area contributed by atoms with Gasteiger partial charge in [0.25, 0.3) is 0 Å². The Morgan fingerprint density at radius 2 is 2.04 bits per heavy atom. The van der Waals surface area contributed by atoms with Crippen molar-refractivity contribution in [1.29, 1.82) is 0 Å². The Morgan fingerprint density at radius 1 is 1.30 bits per heavy atom. The van der Waals surface area contributed by atoms with E-state index >= 15 is 0 Å². The van der Waals surface area contributed by atoms with Crippen molar-refractivity contribution < 1.29 is 9.84 Å². The Labute approximate surface area is 162 Å². The predicted octanol–water partition coefficient (Wildman–Crippen LogP) is 1.67. The smallest absolute Gasteiger partial charge is 0.191 e. The molecule has 3 N–H and O–H groups in total. The molecule has 1 fully saturated rings. The van der Waals surface area contributed by atoms with Crippen LogP contribution in [0.25, 0.3) is 0 Å². The van der Waals surface area contributed by atoms with Crippen LogP contribution in [0.5, 0.6) is 0 Å². The van der Waals surface area contributed by atoms with Gasteiger partial charge in [0.1, 0.15) is 12.4 Å². The highest BCUT2D eigenvalue weighted by atomic mass is 16.5. The Kier molecular flexibility index (Phi) is 8.50. The maximum atomic E-state index is 10.9. The van der Waals surface area contributed by atoms with E-state index in [4.69, 9.17) is 4.74 Å². The third-order valence-corrected chi connectivity index (χ3v) is 5.10. The van der Waals surface area contributed by atoms with Crippen LogP contribution in [0.1, 0.15) is 64.0 Å². The van der Waals surface area contributed by atoms with E-state index in [0.29, 0.717) is 25.6 Å². The van der Waals surface area contributed by atoms with Gasteiger partial charge in [-0.15, -0.1) is 10.2 Å². The molecule has 1 saturated heterocycles. The number of ether oxygens (including phenoxy) is 1. The standard InChI is InChI=1S/C19H36N6O2/c1-5-9-19(26,10-6-2)14-22-18(20-12-16-8-7-11-27-16)21-13-17-24-23-15(3)25(17)4/h16,26H,5-14H2,1-4H3,(H2,20,21,22). The second-order valence-electron chi connectivity index (χ2n) is 7.48. The van der Waals surface area contributed by atoms with Gasteiger partial charge in [-0.3, -0.25) is 0 Å². The monoisotopic (exact) mass is 380 g/mol. The van der Waals surface area contributed by atoms with Crippen molar-refractivity contribution in [2.24, 2.45) is 12.0 Å². The van der Waals surface area contributed by atoms with Gasteiger partial charge in [-0.2, -0.15) is 0 Å². The number of aliphatic hydroxyl groups is 1. The van der Waals surface area contributed by atoms with Gasteiger partial charge in [0.15, 0.2) is 11.8 Å². The van der Waals surface area contributed by atoms with Crippen LogP contribution < -0.4 is 10.6 Å². The average molecular weight is 381 g/mol. The summed E-state index contributed by atoms with van der Waals surface area (Å²) < 4.78 is 7.63. The second kappa shape index (κ2) is 10.6. The quantitative estimate of drug-likeness (QED) is 0.422. The number of guanidine groups is 1. The number of nitrogens with zero attached hydrogens (tertiary/aromatic N) is 4. The van der Waals surface area contributed by atoms with Crippen molar-refractivity contribution >= 4 is 5.96 Å². The van der Waals surface area contributed by atoms with Crippen molar-refractivity contribution in [3.8, 4) is 0 Å². The number of aromatic nitrogens is 3. The summed E-state index contributed by atoms with van der Waals surface area (Å²) in [4.78, 5) is 4.66. The lowest BCUT2D eigenvalue weighted by Gasteiger charge is -2.29. The second-order valence-corrected chi connectivity index (χ2v) is 7.48. The lowest BCUT2D eigenvalue weighted by molar-refractivity contribution is 0.0256. The SMILES string of the molecule is CCCC(O)(CCC)CNC(=NCc1nnc(C)n1C)NCC1CCCO1. The summed E-state index contributed by atoms with van der Waals surface area (Å²) in [6, 6.07) is 0. The molecule has 1 aliphatic rings. The van der Waals surface area contributed by atoms with Crippen molar-refractivity contribution in [1.82, 2.24) is 25.4 Å². The molecule has 0 aliphatic carbocycles. The number of aliphatic imine (C=N–C) groups is 1. The van der Waals surface area contributed by atoms with E-state index in [1.54, 1.807) is 0 Å². The molecule has 0 bridgehead atoms. The highest BCUT2D eigenvalue weighted by Crippen LogP contribution is 2.18. The van der Waals surface area contributed by atoms with Crippen molar-refractivity contribution in [2.45, 2.75) is 77.5 Å². The number of hydrogen-bond donors (Lipinski definition) is 3. The van der Waals surface area contributed by atoms with Gasteiger partial charge in [-0.1, -0.05) is 26.7 Å². The van der Waals surface area contributed by atoms with Crippen LogP contribution in [-0.4, -0.2) is 57.2 Å². The maximum Gasteiger partial charge on any atom is 0.191 e. The number of hydrogen-bond acceptors (Lipinski definition) is 5. The van der Waals surface area contributed by atoms with E-state index in [1.807, 2.05) is 18.5 Å². The van der Waals surface area contributed by atoms with E-state index in [9.17, 15) is 5.11 Å². The van der Waals surface area contributed by atoms with Crippen LogP contribution in [-0.2, 0) is 18.3 Å². The number of nitrogens with one attached hydrogen (secondary N) is 2. The van der Waals surface area contributed by atoms with Crippen molar-refractivity contribution in [2.75, 3.05) is 19.7 Å².